The number of hydrogen-bond acceptors (Lipinski definition) is 2. The first-order valence-corrected chi connectivity index (χ1v) is 9.81. The van der Waals surface area contributed by atoms with E-state index in [1.807, 2.05) is 0 Å². The molecule has 1 fully saturated rings. The van der Waals surface area contributed by atoms with Crippen LogP contribution in [-0.4, -0.2) is 19.7 Å². The maximum Gasteiger partial charge on any atom is 0.119 e. The van der Waals surface area contributed by atoms with Gasteiger partial charge in [0.2, 0.25) is 0 Å². The monoisotopic (exact) mass is 337 g/mol. The average molecular weight is 338 g/mol. The highest BCUT2D eigenvalue weighted by Gasteiger charge is 2.35. The predicted octanol–water partition coefficient (Wildman–Crippen LogP) is 5.14. The summed E-state index contributed by atoms with van der Waals surface area (Å²) in [5, 5.41) is 3.65. The third-order valence-electron chi connectivity index (χ3n) is 5.11. The largest absolute Gasteiger partial charge is 0.365 e. The van der Waals surface area contributed by atoms with Gasteiger partial charge in [0, 0.05) is 6.61 Å². The Morgan fingerprint density at radius 2 is 1.56 bits per heavy atom. The molecule has 3 rings (SSSR count). The second-order valence-corrected chi connectivity index (χ2v) is 7.16. The maximum atomic E-state index is 6.62. The predicted molar refractivity (Wildman–Crippen MR) is 105 cm³/mol. The van der Waals surface area contributed by atoms with Gasteiger partial charge in [0.15, 0.2) is 0 Å². The van der Waals surface area contributed by atoms with E-state index in [9.17, 15) is 0 Å². The van der Waals surface area contributed by atoms with Crippen LogP contribution in [-0.2, 0) is 10.3 Å². The van der Waals surface area contributed by atoms with Crippen LogP contribution in [0.2, 0.25) is 0 Å². The molecular weight excluding hydrogens is 306 g/mol. The summed E-state index contributed by atoms with van der Waals surface area (Å²) in [7, 11) is 0. The second-order valence-electron chi connectivity index (χ2n) is 7.16. The SMILES string of the molecule is CCCCOC(CCNCC1CC1)(c1ccccc1)c1ccccc1. The lowest BCUT2D eigenvalue weighted by atomic mass is 9.83. The first kappa shape index (κ1) is 18.2. The normalized spacial score (nSPS) is 14.6. The van der Waals surface area contributed by atoms with Crippen molar-refractivity contribution in [2.24, 2.45) is 5.92 Å². The molecule has 2 heteroatoms. The van der Waals surface area contributed by atoms with Gasteiger partial charge < -0.3 is 10.1 Å². The summed E-state index contributed by atoms with van der Waals surface area (Å²) in [4.78, 5) is 0. The highest BCUT2D eigenvalue weighted by molar-refractivity contribution is 5.36. The highest BCUT2D eigenvalue weighted by atomic mass is 16.5. The van der Waals surface area contributed by atoms with E-state index in [2.05, 4.69) is 72.9 Å². The van der Waals surface area contributed by atoms with Crippen LogP contribution in [0.15, 0.2) is 60.7 Å². The topological polar surface area (TPSA) is 21.3 Å². The third-order valence-corrected chi connectivity index (χ3v) is 5.11. The van der Waals surface area contributed by atoms with Crippen LogP contribution in [0, 0.1) is 5.92 Å². The Labute approximate surface area is 152 Å². The van der Waals surface area contributed by atoms with Crippen LogP contribution in [0.4, 0.5) is 0 Å². The van der Waals surface area contributed by atoms with Crippen molar-refractivity contribution in [2.75, 3.05) is 19.7 Å². The fraction of sp³-hybridized carbons (Fsp3) is 0.478. The van der Waals surface area contributed by atoms with Crippen molar-refractivity contribution < 1.29 is 4.74 Å². The summed E-state index contributed by atoms with van der Waals surface area (Å²) >= 11 is 0. The summed E-state index contributed by atoms with van der Waals surface area (Å²) in [6.07, 6.45) is 5.99. The van der Waals surface area contributed by atoms with Gasteiger partial charge in [-0.2, -0.15) is 0 Å². The Hall–Kier alpha value is -1.64. The van der Waals surface area contributed by atoms with Crippen molar-refractivity contribution in [2.45, 2.75) is 44.6 Å². The van der Waals surface area contributed by atoms with E-state index in [1.54, 1.807) is 0 Å². The molecule has 0 amide bonds. The van der Waals surface area contributed by atoms with Crippen LogP contribution < -0.4 is 5.32 Å². The lowest BCUT2D eigenvalue weighted by molar-refractivity contribution is -0.0258. The molecule has 0 unspecified atom stereocenters. The Morgan fingerprint density at radius 3 is 2.08 bits per heavy atom. The molecular formula is C23H31NO. The van der Waals surface area contributed by atoms with Gasteiger partial charge in [-0.25, -0.2) is 0 Å². The molecule has 1 saturated carbocycles. The Bertz CT molecular complexity index is 567. The lowest BCUT2D eigenvalue weighted by Crippen LogP contribution is -2.36. The minimum atomic E-state index is -0.367. The molecule has 2 aromatic rings. The van der Waals surface area contributed by atoms with Crippen LogP contribution in [0.3, 0.4) is 0 Å². The Morgan fingerprint density at radius 1 is 0.960 bits per heavy atom. The van der Waals surface area contributed by atoms with E-state index in [0.717, 1.165) is 44.9 Å². The second kappa shape index (κ2) is 9.17. The van der Waals surface area contributed by atoms with Gasteiger partial charge in [0.25, 0.3) is 0 Å². The number of ether oxygens (including phenoxy) is 1. The molecule has 0 radical (unpaired) electrons. The van der Waals surface area contributed by atoms with E-state index in [-0.39, 0.29) is 5.60 Å². The van der Waals surface area contributed by atoms with E-state index >= 15 is 0 Å². The molecule has 1 aliphatic rings. The fourth-order valence-corrected chi connectivity index (χ4v) is 3.39. The van der Waals surface area contributed by atoms with Crippen LogP contribution in [0.25, 0.3) is 0 Å². The molecule has 0 aromatic heterocycles. The molecule has 134 valence electrons. The molecule has 0 atom stereocenters. The summed E-state index contributed by atoms with van der Waals surface area (Å²) in [5.41, 5.74) is 2.14. The zero-order chi connectivity index (χ0) is 17.4. The molecule has 25 heavy (non-hydrogen) atoms. The molecule has 2 aromatic carbocycles. The zero-order valence-corrected chi connectivity index (χ0v) is 15.4. The molecule has 1 aliphatic carbocycles. The first-order chi connectivity index (χ1) is 12.3. The van der Waals surface area contributed by atoms with Gasteiger partial charge in [-0.3, -0.25) is 0 Å². The maximum absolute atomic E-state index is 6.62. The van der Waals surface area contributed by atoms with Gasteiger partial charge >= 0.3 is 0 Å². The van der Waals surface area contributed by atoms with E-state index in [1.165, 1.54) is 24.0 Å². The third kappa shape index (κ3) is 4.93. The Balaban J connectivity index is 1.84. The number of benzene rings is 2. The van der Waals surface area contributed by atoms with E-state index in [0.29, 0.717) is 0 Å². The molecule has 0 bridgehead atoms. The van der Waals surface area contributed by atoms with Gasteiger partial charge in [0.1, 0.15) is 5.60 Å². The van der Waals surface area contributed by atoms with Crippen molar-refractivity contribution in [3.63, 3.8) is 0 Å². The lowest BCUT2D eigenvalue weighted by Gasteiger charge is -2.35. The zero-order valence-electron chi connectivity index (χ0n) is 15.4. The number of hydrogen-bond donors (Lipinski definition) is 1. The van der Waals surface area contributed by atoms with Gasteiger partial charge in [-0.1, -0.05) is 74.0 Å². The van der Waals surface area contributed by atoms with Crippen LogP contribution in [0.1, 0.15) is 50.2 Å². The molecule has 0 heterocycles. The van der Waals surface area contributed by atoms with Crippen molar-refractivity contribution in [3.8, 4) is 0 Å². The van der Waals surface area contributed by atoms with E-state index < -0.39 is 0 Å². The van der Waals surface area contributed by atoms with E-state index in [4.69, 9.17) is 4.74 Å². The average Bonchev–Trinajstić information content (AvgIpc) is 3.50. The van der Waals surface area contributed by atoms with Gasteiger partial charge in [-0.15, -0.1) is 0 Å². The van der Waals surface area contributed by atoms with Gasteiger partial charge in [-0.05, 0) is 55.8 Å². The van der Waals surface area contributed by atoms with Crippen LogP contribution >= 0.6 is 0 Å². The van der Waals surface area contributed by atoms with Crippen molar-refractivity contribution in [3.05, 3.63) is 71.8 Å². The highest BCUT2D eigenvalue weighted by Crippen LogP contribution is 2.37. The molecule has 1 N–H and O–H groups in total. The van der Waals surface area contributed by atoms with Crippen LogP contribution in [0.5, 0.6) is 0 Å². The number of nitrogens with one attached hydrogen (secondary N) is 1. The standard InChI is InChI=1S/C23H31NO/c1-2-3-18-25-23(21-10-6-4-7-11-21,22-12-8-5-9-13-22)16-17-24-19-20-14-15-20/h4-13,20,24H,2-3,14-19H2,1H3. The minimum Gasteiger partial charge on any atom is -0.365 e. The van der Waals surface area contributed by atoms with Crippen molar-refractivity contribution in [1.82, 2.24) is 5.32 Å². The molecule has 0 saturated heterocycles. The van der Waals surface area contributed by atoms with Crippen molar-refractivity contribution in [1.29, 1.82) is 0 Å². The molecule has 0 spiro atoms. The quantitative estimate of drug-likeness (QED) is 0.574. The summed E-state index contributed by atoms with van der Waals surface area (Å²) in [5.74, 6) is 0.906. The molecule has 2 nitrogen and oxygen atoms in total. The fourth-order valence-electron chi connectivity index (χ4n) is 3.39. The Kier molecular flexibility index (Phi) is 6.66. The summed E-state index contributed by atoms with van der Waals surface area (Å²) in [6.45, 7) is 5.14. The summed E-state index contributed by atoms with van der Waals surface area (Å²) in [6, 6.07) is 21.5. The number of rotatable bonds is 11. The van der Waals surface area contributed by atoms with Crippen molar-refractivity contribution >= 4 is 0 Å². The minimum absolute atomic E-state index is 0.367. The first-order valence-electron chi connectivity index (χ1n) is 9.81. The van der Waals surface area contributed by atoms with Gasteiger partial charge in [0.05, 0.1) is 0 Å². The summed E-state index contributed by atoms with van der Waals surface area (Å²) < 4.78 is 6.62. The molecule has 0 aliphatic heterocycles. The number of unbranched alkanes of at least 4 members (excludes halogenated alkanes) is 1. The smallest absolute Gasteiger partial charge is 0.119 e.